The van der Waals surface area contributed by atoms with Gasteiger partial charge in [0.25, 0.3) is 0 Å². The quantitative estimate of drug-likeness (QED) is 0.772. The van der Waals surface area contributed by atoms with Crippen LogP contribution >= 0.6 is 0 Å². The zero-order valence-corrected chi connectivity index (χ0v) is 10.9. The summed E-state index contributed by atoms with van der Waals surface area (Å²) < 4.78 is 6.64. The third-order valence-corrected chi connectivity index (χ3v) is 2.77. The van der Waals surface area contributed by atoms with Crippen LogP contribution in [0.15, 0.2) is 18.5 Å². The van der Waals surface area contributed by atoms with Crippen molar-refractivity contribution in [2.45, 2.75) is 13.8 Å². The van der Waals surface area contributed by atoms with Gasteiger partial charge in [0, 0.05) is 13.2 Å². The third kappa shape index (κ3) is 1.99. The molecule has 0 fully saturated rings. The zero-order chi connectivity index (χ0) is 13.3. The molecule has 2 aromatic heterocycles. The Morgan fingerprint density at radius 3 is 2.67 bits per heavy atom. The smallest absolute Gasteiger partial charge is 0.233 e. The van der Waals surface area contributed by atoms with Crippen molar-refractivity contribution in [2.24, 2.45) is 7.05 Å². The molecule has 18 heavy (non-hydrogen) atoms. The van der Waals surface area contributed by atoms with Crippen LogP contribution in [0.5, 0.6) is 5.75 Å². The Morgan fingerprint density at radius 1 is 1.33 bits per heavy atom. The van der Waals surface area contributed by atoms with E-state index in [1.165, 1.54) is 18.0 Å². The van der Waals surface area contributed by atoms with Gasteiger partial charge < -0.3 is 4.74 Å². The van der Waals surface area contributed by atoms with Gasteiger partial charge in [-0.2, -0.15) is 5.10 Å². The maximum absolute atomic E-state index is 12.4. The van der Waals surface area contributed by atoms with Crippen LogP contribution in [0.1, 0.15) is 27.3 Å². The first-order valence-corrected chi connectivity index (χ1v) is 5.58. The van der Waals surface area contributed by atoms with Crippen LogP contribution in [0.3, 0.4) is 0 Å². The number of hydrogen-bond acceptors (Lipinski definition) is 4. The van der Waals surface area contributed by atoms with Gasteiger partial charge in [0.2, 0.25) is 5.78 Å². The first-order chi connectivity index (χ1) is 8.54. The first kappa shape index (κ1) is 12.3. The highest BCUT2D eigenvalue weighted by molar-refractivity contribution is 6.09. The first-order valence-electron chi connectivity index (χ1n) is 5.58. The van der Waals surface area contributed by atoms with E-state index in [0.29, 0.717) is 17.1 Å². The van der Waals surface area contributed by atoms with E-state index in [4.69, 9.17) is 4.74 Å². The van der Waals surface area contributed by atoms with E-state index >= 15 is 0 Å². The molecule has 0 radical (unpaired) electrons. The monoisotopic (exact) mass is 245 g/mol. The fourth-order valence-electron chi connectivity index (χ4n) is 1.89. The second-order valence-corrected chi connectivity index (χ2v) is 4.19. The largest absolute Gasteiger partial charge is 0.493 e. The molecule has 0 amide bonds. The van der Waals surface area contributed by atoms with E-state index in [2.05, 4.69) is 10.1 Å². The highest BCUT2D eigenvalue weighted by atomic mass is 16.5. The number of methoxy groups -OCH3 is 1. The SMILES string of the molecule is COc1cnn(C)c1C(=O)c1ncc(C)cc1C. The number of ketones is 1. The molecule has 0 saturated carbocycles. The molecular weight excluding hydrogens is 230 g/mol. The van der Waals surface area contributed by atoms with Gasteiger partial charge in [0.05, 0.1) is 13.3 Å². The van der Waals surface area contributed by atoms with Crippen molar-refractivity contribution in [2.75, 3.05) is 7.11 Å². The number of nitrogens with zero attached hydrogens (tertiary/aromatic N) is 3. The summed E-state index contributed by atoms with van der Waals surface area (Å²) in [7, 11) is 3.22. The minimum absolute atomic E-state index is 0.177. The van der Waals surface area contributed by atoms with Crippen LogP contribution in [0.4, 0.5) is 0 Å². The van der Waals surface area contributed by atoms with Crippen molar-refractivity contribution in [3.63, 3.8) is 0 Å². The maximum Gasteiger partial charge on any atom is 0.233 e. The molecular formula is C13H15N3O2. The summed E-state index contributed by atoms with van der Waals surface area (Å²) in [6, 6.07) is 1.93. The molecule has 94 valence electrons. The number of carbonyl (C=O) groups excluding carboxylic acids is 1. The van der Waals surface area contributed by atoms with Crippen LogP contribution in [-0.2, 0) is 7.05 Å². The van der Waals surface area contributed by atoms with Gasteiger partial charge in [0.1, 0.15) is 5.69 Å². The third-order valence-electron chi connectivity index (χ3n) is 2.77. The lowest BCUT2D eigenvalue weighted by Gasteiger charge is -2.07. The molecule has 0 N–H and O–H groups in total. The lowest BCUT2D eigenvalue weighted by atomic mass is 10.1. The topological polar surface area (TPSA) is 57.0 Å². The summed E-state index contributed by atoms with van der Waals surface area (Å²) in [6.07, 6.45) is 3.21. The van der Waals surface area contributed by atoms with Crippen LogP contribution in [-0.4, -0.2) is 27.7 Å². The minimum Gasteiger partial charge on any atom is -0.493 e. The Kier molecular flexibility index (Phi) is 3.14. The van der Waals surface area contributed by atoms with Crippen LogP contribution in [0.2, 0.25) is 0 Å². The highest BCUT2D eigenvalue weighted by Gasteiger charge is 2.21. The molecule has 2 heterocycles. The molecule has 0 saturated heterocycles. The van der Waals surface area contributed by atoms with Crippen molar-refractivity contribution in [3.8, 4) is 5.75 Å². The standard InChI is InChI=1S/C13H15N3O2/c1-8-5-9(2)11(14-6-8)13(17)12-10(18-4)7-15-16(12)3/h5-7H,1-4H3. The zero-order valence-electron chi connectivity index (χ0n) is 10.9. The van der Waals surface area contributed by atoms with Gasteiger partial charge >= 0.3 is 0 Å². The lowest BCUT2D eigenvalue weighted by molar-refractivity contribution is 0.102. The number of aryl methyl sites for hydroxylation is 3. The maximum atomic E-state index is 12.4. The fraction of sp³-hybridized carbons (Fsp3) is 0.308. The Bertz CT molecular complexity index is 602. The normalized spacial score (nSPS) is 10.4. The number of aromatic nitrogens is 3. The lowest BCUT2D eigenvalue weighted by Crippen LogP contribution is -2.12. The summed E-state index contributed by atoms with van der Waals surface area (Å²) in [5.41, 5.74) is 2.73. The van der Waals surface area contributed by atoms with Crippen molar-refractivity contribution in [1.82, 2.24) is 14.8 Å². The molecule has 0 atom stereocenters. The Hall–Kier alpha value is -2.17. The predicted molar refractivity (Wildman–Crippen MR) is 66.9 cm³/mol. The molecule has 0 aliphatic carbocycles. The number of ether oxygens (including phenoxy) is 1. The minimum atomic E-state index is -0.177. The van der Waals surface area contributed by atoms with Crippen molar-refractivity contribution in [1.29, 1.82) is 0 Å². The summed E-state index contributed by atoms with van der Waals surface area (Å²) >= 11 is 0. The second-order valence-electron chi connectivity index (χ2n) is 4.19. The molecule has 0 unspecified atom stereocenters. The molecule has 2 aromatic rings. The van der Waals surface area contributed by atoms with E-state index in [1.54, 1.807) is 13.2 Å². The van der Waals surface area contributed by atoms with Crippen molar-refractivity contribution in [3.05, 3.63) is 41.0 Å². The van der Waals surface area contributed by atoms with Gasteiger partial charge in [-0.3, -0.25) is 14.5 Å². The van der Waals surface area contributed by atoms with E-state index in [9.17, 15) is 4.79 Å². The van der Waals surface area contributed by atoms with E-state index < -0.39 is 0 Å². The van der Waals surface area contributed by atoms with Gasteiger partial charge in [-0.1, -0.05) is 6.07 Å². The van der Waals surface area contributed by atoms with Gasteiger partial charge in [-0.15, -0.1) is 0 Å². The average Bonchev–Trinajstić information content (AvgIpc) is 2.69. The van der Waals surface area contributed by atoms with Crippen LogP contribution < -0.4 is 4.74 Å². The Morgan fingerprint density at radius 2 is 2.06 bits per heavy atom. The average molecular weight is 245 g/mol. The van der Waals surface area contributed by atoms with Gasteiger partial charge in [0.15, 0.2) is 11.4 Å². The number of pyridine rings is 1. The summed E-state index contributed by atoms with van der Waals surface area (Å²) in [6.45, 7) is 3.81. The number of rotatable bonds is 3. The van der Waals surface area contributed by atoms with E-state index in [-0.39, 0.29) is 5.78 Å². The number of carbonyl (C=O) groups is 1. The molecule has 0 aliphatic rings. The number of hydrogen-bond donors (Lipinski definition) is 0. The summed E-state index contributed by atoms with van der Waals surface area (Å²) in [5, 5.41) is 4.02. The second kappa shape index (κ2) is 4.60. The van der Waals surface area contributed by atoms with Crippen molar-refractivity contribution >= 4 is 5.78 Å². The molecule has 5 heteroatoms. The summed E-state index contributed by atoms with van der Waals surface area (Å²) in [4.78, 5) is 16.6. The molecule has 5 nitrogen and oxygen atoms in total. The molecule has 0 aliphatic heterocycles. The van der Waals surface area contributed by atoms with E-state index in [0.717, 1.165) is 11.1 Å². The van der Waals surface area contributed by atoms with Crippen LogP contribution in [0.25, 0.3) is 0 Å². The Balaban J connectivity index is 2.51. The fourth-order valence-corrected chi connectivity index (χ4v) is 1.89. The molecule has 2 rings (SSSR count). The molecule has 0 spiro atoms. The van der Waals surface area contributed by atoms with Crippen molar-refractivity contribution < 1.29 is 9.53 Å². The Labute approximate surface area is 105 Å². The molecule has 0 bridgehead atoms. The highest BCUT2D eigenvalue weighted by Crippen LogP contribution is 2.21. The van der Waals surface area contributed by atoms with E-state index in [1.807, 2.05) is 19.9 Å². The van der Waals surface area contributed by atoms with Gasteiger partial charge in [-0.25, -0.2) is 0 Å². The van der Waals surface area contributed by atoms with Crippen LogP contribution in [0, 0.1) is 13.8 Å². The van der Waals surface area contributed by atoms with Gasteiger partial charge in [-0.05, 0) is 25.0 Å². The summed E-state index contributed by atoms with van der Waals surface area (Å²) in [5.74, 6) is 0.286. The molecule has 0 aromatic carbocycles. The predicted octanol–water partition coefficient (Wildman–Crippen LogP) is 1.67.